The molecule has 1 saturated heterocycles. The summed E-state index contributed by atoms with van der Waals surface area (Å²) in [5.41, 5.74) is 3.52. The van der Waals surface area contributed by atoms with E-state index in [-0.39, 0.29) is 5.91 Å². The number of para-hydroxylation sites is 1. The Labute approximate surface area is 200 Å². The Balaban J connectivity index is 1.16. The van der Waals surface area contributed by atoms with Crippen molar-refractivity contribution in [2.24, 2.45) is 0 Å². The third kappa shape index (κ3) is 4.85. The third-order valence-electron chi connectivity index (χ3n) is 5.60. The number of carbonyl (C=O) groups is 1. The summed E-state index contributed by atoms with van der Waals surface area (Å²) in [7, 11) is 0. The van der Waals surface area contributed by atoms with Gasteiger partial charge in [-0.25, -0.2) is 9.97 Å². The summed E-state index contributed by atoms with van der Waals surface area (Å²) in [6, 6.07) is 21.7. The normalized spacial score (nSPS) is 13.8. The summed E-state index contributed by atoms with van der Waals surface area (Å²) in [6.45, 7) is 2.66. The first-order valence-corrected chi connectivity index (χ1v) is 12.5. The van der Waals surface area contributed by atoms with E-state index < -0.39 is 0 Å². The monoisotopic (exact) mass is 471 g/mol. The highest BCUT2D eigenvalue weighted by molar-refractivity contribution is 8.00. The average molecular weight is 472 g/mol. The molecule has 2 aromatic carbocycles. The topological polar surface area (TPSA) is 73.1 Å². The van der Waals surface area contributed by atoms with Crippen LogP contribution < -0.4 is 4.90 Å². The lowest BCUT2D eigenvalue weighted by atomic mass is 10.1. The van der Waals surface area contributed by atoms with Gasteiger partial charge in [0.1, 0.15) is 5.82 Å². The van der Waals surface area contributed by atoms with Crippen molar-refractivity contribution in [3.05, 3.63) is 83.6 Å². The Hall–Kier alpha value is -3.41. The quantitative estimate of drug-likeness (QED) is 0.389. The first-order valence-electron chi connectivity index (χ1n) is 10.7. The molecular weight excluding hydrogens is 450 g/mol. The Kier molecular flexibility index (Phi) is 6.24. The fraction of sp³-hybridized carbons (Fsp3) is 0.200. The van der Waals surface area contributed by atoms with Crippen molar-refractivity contribution in [3.8, 4) is 6.07 Å². The number of benzene rings is 2. The van der Waals surface area contributed by atoms with E-state index >= 15 is 0 Å². The van der Waals surface area contributed by atoms with Crippen LogP contribution in [0.2, 0.25) is 0 Å². The van der Waals surface area contributed by atoms with E-state index in [0.717, 1.165) is 21.4 Å². The summed E-state index contributed by atoms with van der Waals surface area (Å²) < 4.78 is 2.26. The molecule has 1 amide bonds. The number of rotatable bonds is 5. The number of fused-ring (bicyclic) bond motifs is 1. The molecular formula is C25H21N5OS2. The lowest BCUT2D eigenvalue weighted by molar-refractivity contribution is 0.0746. The number of nitriles is 1. The fourth-order valence-electron chi connectivity index (χ4n) is 3.78. The van der Waals surface area contributed by atoms with Gasteiger partial charge in [-0.3, -0.25) is 4.79 Å². The number of amides is 1. The van der Waals surface area contributed by atoms with Gasteiger partial charge in [-0.05, 0) is 42.0 Å². The Morgan fingerprint density at radius 1 is 1.06 bits per heavy atom. The highest BCUT2D eigenvalue weighted by atomic mass is 32.2. The van der Waals surface area contributed by atoms with Crippen LogP contribution in [-0.2, 0) is 5.75 Å². The number of hydrogen-bond donors (Lipinski definition) is 0. The van der Waals surface area contributed by atoms with Crippen LogP contribution in [0.15, 0.2) is 71.2 Å². The first-order chi connectivity index (χ1) is 16.2. The van der Waals surface area contributed by atoms with E-state index in [1.807, 2.05) is 47.4 Å². The Bertz CT molecular complexity index is 1290. The molecule has 0 bridgehead atoms. The summed E-state index contributed by atoms with van der Waals surface area (Å²) in [5.74, 6) is 1.66. The van der Waals surface area contributed by atoms with Crippen molar-refractivity contribution in [3.63, 3.8) is 0 Å². The molecule has 0 unspecified atom stereocenters. The molecule has 4 aromatic rings. The van der Waals surface area contributed by atoms with Gasteiger partial charge >= 0.3 is 0 Å². The van der Waals surface area contributed by atoms with Gasteiger partial charge in [0, 0.05) is 43.7 Å². The lowest BCUT2D eigenvalue weighted by Crippen LogP contribution is -2.49. The average Bonchev–Trinajstić information content (AvgIpc) is 3.31. The molecule has 164 valence electrons. The molecule has 3 heterocycles. The zero-order chi connectivity index (χ0) is 22.6. The maximum Gasteiger partial charge on any atom is 0.253 e. The van der Waals surface area contributed by atoms with Crippen molar-refractivity contribution in [1.82, 2.24) is 14.9 Å². The molecule has 2 aromatic heterocycles. The van der Waals surface area contributed by atoms with Gasteiger partial charge in [-0.1, -0.05) is 36.0 Å². The summed E-state index contributed by atoms with van der Waals surface area (Å²) >= 11 is 3.43. The predicted molar refractivity (Wildman–Crippen MR) is 133 cm³/mol. The van der Waals surface area contributed by atoms with Crippen LogP contribution in [0.1, 0.15) is 21.5 Å². The molecule has 6 nitrogen and oxygen atoms in total. The number of aromatic nitrogens is 2. The Morgan fingerprint density at radius 2 is 1.85 bits per heavy atom. The smallest absolute Gasteiger partial charge is 0.253 e. The van der Waals surface area contributed by atoms with Crippen LogP contribution in [0.5, 0.6) is 0 Å². The molecule has 0 atom stereocenters. The van der Waals surface area contributed by atoms with Crippen LogP contribution >= 0.6 is 23.1 Å². The zero-order valence-corrected chi connectivity index (χ0v) is 19.5. The number of nitrogens with zero attached hydrogens (tertiary/aromatic N) is 5. The molecule has 1 aliphatic rings. The number of hydrogen-bond acceptors (Lipinski definition) is 7. The SMILES string of the molecule is N#Cc1ccnc(N2CCN(C(=O)c3ccc(CSc4nc5ccccc5s4)cc3)CC2)c1. The molecule has 0 saturated carbocycles. The third-order valence-corrected chi connectivity index (χ3v) is 7.85. The predicted octanol–water partition coefficient (Wildman–Crippen LogP) is 4.82. The zero-order valence-electron chi connectivity index (χ0n) is 17.8. The van der Waals surface area contributed by atoms with Gasteiger partial charge in [0.05, 0.1) is 21.8 Å². The standard InChI is InChI=1S/C25H21N5OS2/c26-16-19-9-10-27-23(15-19)29-11-13-30(14-12-29)24(31)20-7-5-18(6-8-20)17-32-25-28-21-3-1-2-4-22(21)33-25/h1-10,15H,11-14,17H2. The second-order valence-corrected chi connectivity index (χ2v) is 9.98. The minimum Gasteiger partial charge on any atom is -0.353 e. The lowest BCUT2D eigenvalue weighted by Gasteiger charge is -2.35. The van der Waals surface area contributed by atoms with Crippen LogP contribution in [0.4, 0.5) is 5.82 Å². The van der Waals surface area contributed by atoms with Crippen molar-refractivity contribution in [2.75, 3.05) is 31.1 Å². The molecule has 1 fully saturated rings. The van der Waals surface area contributed by atoms with Gasteiger partial charge in [-0.2, -0.15) is 5.26 Å². The molecule has 8 heteroatoms. The first kappa shape index (κ1) is 21.4. The number of carbonyl (C=O) groups excluding carboxylic acids is 1. The van der Waals surface area contributed by atoms with E-state index in [2.05, 4.69) is 27.0 Å². The second-order valence-electron chi connectivity index (χ2n) is 7.73. The largest absolute Gasteiger partial charge is 0.353 e. The van der Waals surface area contributed by atoms with E-state index in [1.54, 1.807) is 41.4 Å². The van der Waals surface area contributed by atoms with Crippen molar-refractivity contribution < 1.29 is 4.79 Å². The number of piperazine rings is 1. The van der Waals surface area contributed by atoms with Crippen LogP contribution in [0.25, 0.3) is 10.2 Å². The van der Waals surface area contributed by atoms with Gasteiger partial charge in [0.25, 0.3) is 5.91 Å². The maximum absolute atomic E-state index is 13.0. The summed E-state index contributed by atoms with van der Waals surface area (Å²) in [4.78, 5) is 26.0. The Morgan fingerprint density at radius 3 is 2.61 bits per heavy atom. The minimum absolute atomic E-state index is 0.0544. The number of anilines is 1. The number of pyridine rings is 1. The van der Waals surface area contributed by atoms with Gasteiger partial charge in [0.2, 0.25) is 0 Å². The maximum atomic E-state index is 13.0. The van der Waals surface area contributed by atoms with E-state index in [9.17, 15) is 4.79 Å². The molecule has 33 heavy (non-hydrogen) atoms. The molecule has 0 spiro atoms. The van der Waals surface area contributed by atoms with Crippen molar-refractivity contribution in [1.29, 1.82) is 5.26 Å². The van der Waals surface area contributed by atoms with E-state index in [1.165, 1.54) is 10.3 Å². The molecule has 1 aliphatic heterocycles. The van der Waals surface area contributed by atoms with E-state index in [4.69, 9.17) is 5.26 Å². The van der Waals surface area contributed by atoms with Crippen LogP contribution in [0, 0.1) is 11.3 Å². The van der Waals surface area contributed by atoms with Crippen molar-refractivity contribution >= 4 is 45.0 Å². The van der Waals surface area contributed by atoms with Gasteiger partial charge in [0.15, 0.2) is 4.34 Å². The van der Waals surface area contributed by atoms with Gasteiger partial charge in [-0.15, -0.1) is 11.3 Å². The highest BCUT2D eigenvalue weighted by Crippen LogP contribution is 2.31. The summed E-state index contributed by atoms with van der Waals surface area (Å²) in [5, 5.41) is 9.09. The van der Waals surface area contributed by atoms with Crippen LogP contribution in [-0.4, -0.2) is 47.0 Å². The molecule has 0 aliphatic carbocycles. The fourth-order valence-corrected chi connectivity index (χ4v) is 5.81. The number of thiazole rings is 1. The second kappa shape index (κ2) is 9.61. The van der Waals surface area contributed by atoms with E-state index in [0.29, 0.717) is 37.3 Å². The molecule has 0 radical (unpaired) electrons. The van der Waals surface area contributed by atoms with Crippen molar-refractivity contribution in [2.45, 2.75) is 10.1 Å². The summed E-state index contributed by atoms with van der Waals surface area (Å²) in [6.07, 6.45) is 1.65. The number of thioether (sulfide) groups is 1. The van der Waals surface area contributed by atoms with Crippen LogP contribution in [0.3, 0.4) is 0 Å². The highest BCUT2D eigenvalue weighted by Gasteiger charge is 2.23. The molecule has 0 N–H and O–H groups in total. The molecule has 5 rings (SSSR count). The minimum atomic E-state index is 0.0544. The van der Waals surface area contributed by atoms with Gasteiger partial charge < -0.3 is 9.80 Å².